The highest BCUT2D eigenvalue weighted by atomic mass is 79.9. The Kier molecular flexibility index (Phi) is 4.34. The van der Waals surface area contributed by atoms with E-state index in [1.54, 1.807) is 24.4 Å². The van der Waals surface area contributed by atoms with E-state index >= 15 is 0 Å². The van der Waals surface area contributed by atoms with E-state index in [9.17, 15) is 4.79 Å². The van der Waals surface area contributed by atoms with Crippen LogP contribution in [0.5, 0.6) is 0 Å². The van der Waals surface area contributed by atoms with Gasteiger partial charge in [-0.3, -0.25) is 4.79 Å². The average Bonchev–Trinajstić information content (AvgIpc) is 2.42. The molecule has 0 aliphatic heterocycles. The second-order valence-corrected chi connectivity index (χ2v) is 5.25. The second kappa shape index (κ2) is 6.00. The van der Waals surface area contributed by atoms with Crippen LogP contribution in [-0.4, -0.2) is 15.9 Å². The first kappa shape index (κ1) is 14.5. The minimum Gasteiger partial charge on any atom is -0.384 e. The molecule has 3 N–H and O–H groups in total. The van der Waals surface area contributed by atoms with Gasteiger partial charge in [-0.1, -0.05) is 6.92 Å². The molecule has 20 heavy (non-hydrogen) atoms. The number of nitrogens with one attached hydrogen (secondary N) is 1. The maximum atomic E-state index is 12.2. The number of halogens is 1. The van der Waals surface area contributed by atoms with Gasteiger partial charge in [0, 0.05) is 21.9 Å². The molecule has 0 spiro atoms. The Morgan fingerprint density at radius 1 is 1.40 bits per heavy atom. The lowest BCUT2D eigenvalue weighted by Gasteiger charge is -2.08. The number of nitrogen functional groups attached to an aromatic ring is 1. The van der Waals surface area contributed by atoms with Crippen LogP contribution in [0.2, 0.25) is 0 Å². The van der Waals surface area contributed by atoms with Crippen molar-refractivity contribution in [2.24, 2.45) is 0 Å². The van der Waals surface area contributed by atoms with Crippen LogP contribution in [0.4, 0.5) is 11.6 Å². The number of carbonyl (C=O) groups excluding carboxylic acids is 1. The summed E-state index contributed by atoms with van der Waals surface area (Å²) in [6.45, 7) is 3.89. The third kappa shape index (κ3) is 3.33. The molecule has 0 radical (unpaired) electrons. The van der Waals surface area contributed by atoms with E-state index in [0.717, 1.165) is 22.2 Å². The summed E-state index contributed by atoms with van der Waals surface area (Å²) in [5.74, 6) is 0.599. The summed E-state index contributed by atoms with van der Waals surface area (Å²) in [5, 5.41) is 2.75. The Bertz CT molecular complexity index is 658. The normalized spacial score (nSPS) is 10.3. The van der Waals surface area contributed by atoms with Gasteiger partial charge in [-0.25, -0.2) is 9.97 Å². The van der Waals surface area contributed by atoms with Gasteiger partial charge in [0.05, 0.1) is 0 Å². The van der Waals surface area contributed by atoms with Gasteiger partial charge >= 0.3 is 0 Å². The van der Waals surface area contributed by atoms with E-state index in [1.165, 1.54) is 0 Å². The maximum Gasteiger partial charge on any atom is 0.257 e. The molecule has 0 saturated carbocycles. The molecule has 2 aromatic rings. The topological polar surface area (TPSA) is 80.9 Å². The van der Waals surface area contributed by atoms with E-state index in [2.05, 4.69) is 31.2 Å². The Balaban J connectivity index is 2.23. The standard InChI is InChI=1S/C14H15BrN4O/c1-3-10-5-9(6-12(16)18-10)14(20)19-13-4-8(2)11(15)7-17-13/h4-7H,3H2,1-2H3,(H2,16,18)(H,17,19,20). The molecule has 0 saturated heterocycles. The zero-order valence-corrected chi connectivity index (χ0v) is 12.9. The molecule has 5 nitrogen and oxygen atoms in total. The van der Waals surface area contributed by atoms with Crippen molar-refractivity contribution in [3.05, 3.63) is 45.7 Å². The van der Waals surface area contributed by atoms with Crippen LogP contribution in [0.1, 0.15) is 28.5 Å². The molecule has 2 heterocycles. The molecule has 1 amide bonds. The number of amides is 1. The van der Waals surface area contributed by atoms with E-state index < -0.39 is 0 Å². The minimum absolute atomic E-state index is 0.247. The number of pyridine rings is 2. The van der Waals surface area contributed by atoms with Gasteiger partial charge in [0.15, 0.2) is 0 Å². The fraction of sp³-hybridized carbons (Fsp3) is 0.214. The van der Waals surface area contributed by atoms with Crippen LogP contribution in [0.15, 0.2) is 28.9 Å². The first-order valence-corrected chi connectivity index (χ1v) is 6.99. The Labute approximate surface area is 125 Å². The molecule has 0 aliphatic carbocycles. The molecular formula is C14H15BrN4O. The van der Waals surface area contributed by atoms with Crippen LogP contribution in [0.25, 0.3) is 0 Å². The monoisotopic (exact) mass is 334 g/mol. The number of aromatic nitrogens is 2. The van der Waals surface area contributed by atoms with Crippen LogP contribution in [-0.2, 0) is 6.42 Å². The zero-order valence-electron chi connectivity index (χ0n) is 11.3. The highest BCUT2D eigenvalue weighted by molar-refractivity contribution is 9.10. The van der Waals surface area contributed by atoms with Gasteiger partial charge < -0.3 is 11.1 Å². The molecule has 0 aliphatic rings. The van der Waals surface area contributed by atoms with Crippen molar-refractivity contribution in [2.75, 3.05) is 11.1 Å². The summed E-state index contributed by atoms with van der Waals surface area (Å²) >= 11 is 3.37. The molecule has 2 aromatic heterocycles. The summed E-state index contributed by atoms with van der Waals surface area (Å²) in [6, 6.07) is 5.09. The first-order valence-electron chi connectivity index (χ1n) is 6.19. The predicted molar refractivity (Wildman–Crippen MR) is 82.7 cm³/mol. The number of carbonyl (C=O) groups is 1. The lowest BCUT2D eigenvalue weighted by Crippen LogP contribution is -2.14. The van der Waals surface area contributed by atoms with Crippen LogP contribution in [0.3, 0.4) is 0 Å². The van der Waals surface area contributed by atoms with Gasteiger partial charge in [0.25, 0.3) is 5.91 Å². The summed E-state index contributed by atoms with van der Waals surface area (Å²) in [4.78, 5) is 20.5. The van der Waals surface area contributed by atoms with Crippen molar-refractivity contribution >= 4 is 33.5 Å². The molecule has 0 aromatic carbocycles. The summed E-state index contributed by atoms with van der Waals surface area (Å²) < 4.78 is 0.900. The number of anilines is 2. The van der Waals surface area contributed by atoms with Crippen LogP contribution in [0, 0.1) is 6.92 Å². The molecule has 104 valence electrons. The third-order valence-corrected chi connectivity index (χ3v) is 3.64. The summed E-state index contributed by atoms with van der Waals surface area (Å²) in [5.41, 5.74) is 7.97. The van der Waals surface area contributed by atoms with Crippen molar-refractivity contribution < 1.29 is 4.79 Å². The number of nitrogens with zero attached hydrogens (tertiary/aromatic N) is 2. The highest BCUT2D eigenvalue weighted by Crippen LogP contribution is 2.18. The van der Waals surface area contributed by atoms with Gasteiger partial charge in [0.1, 0.15) is 11.6 Å². The minimum atomic E-state index is -0.247. The van der Waals surface area contributed by atoms with Crippen molar-refractivity contribution in [1.29, 1.82) is 0 Å². The lowest BCUT2D eigenvalue weighted by atomic mass is 10.2. The lowest BCUT2D eigenvalue weighted by molar-refractivity contribution is 0.102. The Morgan fingerprint density at radius 3 is 2.80 bits per heavy atom. The first-order chi connectivity index (χ1) is 9.49. The molecule has 0 bridgehead atoms. The smallest absolute Gasteiger partial charge is 0.257 e. The van der Waals surface area contributed by atoms with E-state index in [1.807, 2.05) is 13.8 Å². The van der Waals surface area contributed by atoms with E-state index in [4.69, 9.17) is 5.73 Å². The number of hydrogen-bond acceptors (Lipinski definition) is 4. The zero-order chi connectivity index (χ0) is 14.7. The maximum absolute atomic E-state index is 12.2. The highest BCUT2D eigenvalue weighted by Gasteiger charge is 2.10. The van der Waals surface area contributed by atoms with Gasteiger partial charge in [-0.05, 0) is 53.0 Å². The van der Waals surface area contributed by atoms with Gasteiger partial charge in [-0.2, -0.15) is 0 Å². The number of nitrogens with two attached hydrogens (primary N) is 1. The fourth-order valence-corrected chi connectivity index (χ4v) is 1.94. The third-order valence-electron chi connectivity index (χ3n) is 2.81. The Morgan fingerprint density at radius 2 is 2.15 bits per heavy atom. The largest absolute Gasteiger partial charge is 0.384 e. The molecule has 0 atom stereocenters. The van der Waals surface area contributed by atoms with Gasteiger partial charge in [-0.15, -0.1) is 0 Å². The molecule has 6 heteroatoms. The van der Waals surface area contributed by atoms with Crippen molar-refractivity contribution in [3.63, 3.8) is 0 Å². The number of aryl methyl sites for hydroxylation is 2. The number of hydrogen-bond donors (Lipinski definition) is 2. The van der Waals surface area contributed by atoms with Crippen molar-refractivity contribution in [2.45, 2.75) is 20.3 Å². The quantitative estimate of drug-likeness (QED) is 0.904. The predicted octanol–water partition coefficient (Wildman–Crippen LogP) is 2.94. The van der Waals surface area contributed by atoms with Crippen molar-refractivity contribution in [3.8, 4) is 0 Å². The van der Waals surface area contributed by atoms with Gasteiger partial charge in [0.2, 0.25) is 0 Å². The molecule has 2 rings (SSSR count). The Hall–Kier alpha value is -1.95. The van der Waals surface area contributed by atoms with Crippen LogP contribution >= 0.6 is 15.9 Å². The van der Waals surface area contributed by atoms with E-state index in [0.29, 0.717) is 17.2 Å². The number of rotatable bonds is 3. The second-order valence-electron chi connectivity index (χ2n) is 4.40. The average molecular weight is 335 g/mol. The molecule has 0 fully saturated rings. The molecule has 0 unspecified atom stereocenters. The fourth-order valence-electron chi connectivity index (χ4n) is 1.72. The van der Waals surface area contributed by atoms with E-state index in [-0.39, 0.29) is 5.91 Å². The summed E-state index contributed by atoms with van der Waals surface area (Å²) in [7, 11) is 0. The summed E-state index contributed by atoms with van der Waals surface area (Å²) in [6.07, 6.45) is 2.38. The SMILES string of the molecule is CCc1cc(C(=O)Nc2cc(C)c(Br)cn2)cc(N)n1. The van der Waals surface area contributed by atoms with Crippen LogP contribution < -0.4 is 11.1 Å². The molecular weight excluding hydrogens is 320 g/mol. The van der Waals surface area contributed by atoms with Crippen molar-refractivity contribution in [1.82, 2.24) is 9.97 Å².